The van der Waals surface area contributed by atoms with Gasteiger partial charge in [-0.2, -0.15) is 0 Å². The first-order chi connectivity index (χ1) is 4.85. The van der Waals surface area contributed by atoms with Gasteiger partial charge >= 0.3 is 0 Å². The number of aliphatic hydroxyl groups excluding tert-OH is 3. The van der Waals surface area contributed by atoms with Crippen LogP contribution in [-0.4, -0.2) is 57.9 Å². The van der Waals surface area contributed by atoms with Crippen molar-refractivity contribution in [3.05, 3.63) is 0 Å². The zero-order valence-corrected chi connectivity index (χ0v) is 7.26. The van der Waals surface area contributed by atoms with Gasteiger partial charge in [-0.3, -0.25) is 0 Å². The van der Waals surface area contributed by atoms with Gasteiger partial charge in [0.15, 0.2) is 0 Å². The van der Waals surface area contributed by atoms with Crippen molar-refractivity contribution in [2.24, 2.45) is 0 Å². The van der Waals surface area contributed by atoms with E-state index in [1.54, 1.807) is 0 Å². The molecule has 0 aliphatic carbocycles. The quantitative estimate of drug-likeness (QED) is 0.434. The topological polar surface area (TPSA) is 90.7 Å². The Kier molecular flexibility index (Phi) is 12.7. The van der Waals surface area contributed by atoms with Gasteiger partial charge in [-0.1, -0.05) is 0 Å². The Morgan fingerprint density at radius 3 is 1.18 bits per heavy atom. The number of hydrogen-bond acceptors (Lipinski definition) is 4. The summed E-state index contributed by atoms with van der Waals surface area (Å²) < 4.78 is 0. The van der Waals surface area contributed by atoms with Gasteiger partial charge in [0.25, 0.3) is 0 Å². The minimum absolute atomic E-state index is 0. The monoisotopic (exact) mass is 184 g/mol. The lowest BCUT2D eigenvalue weighted by atomic mass is 10.8. The summed E-state index contributed by atoms with van der Waals surface area (Å²) >= 11 is 0. The van der Waals surface area contributed by atoms with E-state index in [1.807, 2.05) is 0 Å². The van der Waals surface area contributed by atoms with E-state index in [4.69, 9.17) is 15.3 Å². The summed E-state index contributed by atoms with van der Waals surface area (Å²) in [5.41, 5.74) is 0. The third kappa shape index (κ3) is 8.09. The Balaban J connectivity index is 0. The average Bonchev–Trinajstić information content (AvgIpc) is 1.90. The fourth-order valence-corrected chi connectivity index (χ4v) is 2.08. The molecule has 0 bridgehead atoms. The van der Waals surface area contributed by atoms with Gasteiger partial charge in [0, 0.05) is 0 Å². The first-order valence-corrected chi connectivity index (χ1v) is 5.05. The molecule has 11 heavy (non-hydrogen) atoms. The van der Waals surface area contributed by atoms with E-state index in [1.165, 1.54) is 0 Å². The fourth-order valence-electron chi connectivity index (χ4n) is 0.693. The van der Waals surface area contributed by atoms with Crippen molar-refractivity contribution in [1.82, 2.24) is 0 Å². The third-order valence-electron chi connectivity index (χ3n) is 1.14. The molecule has 0 aliphatic heterocycles. The van der Waals surface area contributed by atoms with Crippen molar-refractivity contribution in [3.63, 3.8) is 0 Å². The lowest BCUT2D eigenvalue weighted by molar-refractivity contribution is 0.311. The second kappa shape index (κ2) is 10.2. The smallest absolute Gasteiger partial charge is 0.131 e. The molecule has 0 aromatic carbocycles. The average molecular weight is 184 g/mol. The Morgan fingerprint density at radius 1 is 0.727 bits per heavy atom. The van der Waals surface area contributed by atoms with Gasteiger partial charge < -0.3 is 20.8 Å². The van der Waals surface area contributed by atoms with E-state index in [9.17, 15) is 0 Å². The molecule has 0 saturated carbocycles. The van der Waals surface area contributed by atoms with Crippen LogP contribution in [0.3, 0.4) is 0 Å². The highest BCUT2D eigenvalue weighted by Crippen LogP contribution is 1.94. The molecule has 0 amide bonds. The number of rotatable bonds is 6. The van der Waals surface area contributed by atoms with Gasteiger partial charge in [-0.25, -0.2) is 0 Å². The van der Waals surface area contributed by atoms with Crippen molar-refractivity contribution in [2.45, 2.75) is 0 Å². The van der Waals surface area contributed by atoms with Crippen LogP contribution in [0.25, 0.3) is 0 Å². The molecule has 0 unspecified atom stereocenters. The zero-order valence-electron chi connectivity index (χ0n) is 6.44. The van der Waals surface area contributed by atoms with Crippen LogP contribution in [-0.2, 0) is 10.9 Å². The summed E-state index contributed by atoms with van der Waals surface area (Å²) in [5, 5.41) is 25.6. The standard InChI is InChI=1S/C6H15O3S.H2O/c7-1-4-10(5-2-8)6-3-9;/h7-9H,1-6H2;1H2/q+1;/p-1. The molecule has 0 fully saturated rings. The highest BCUT2D eigenvalue weighted by molar-refractivity contribution is 7.96. The van der Waals surface area contributed by atoms with Crippen LogP contribution in [0.1, 0.15) is 0 Å². The second-order valence-electron chi connectivity index (χ2n) is 1.90. The van der Waals surface area contributed by atoms with Gasteiger partial charge in [-0.05, 0) is 10.9 Å². The summed E-state index contributed by atoms with van der Waals surface area (Å²) in [4.78, 5) is 0. The molecule has 0 heterocycles. The predicted octanol–water partition coefficient (Wildman–Crippen LogP) is -1.60. The molecule has 0 saturated heterocycles. The summed E-state index contributed by atoms with van der Waals surface area (Å²) in [6, 6.07) is 0. The van der Waals surface area contributed by atoms with Crippen LogP contribution in [0.2, 0.25) is 0 Å². The van der Waals surface area contributed by atoms with Crippen molar-refractivity contribution in [2.75, 3.05) is 37.1 Å². The highest BCUT2D eigenvalue weighted by atomic mass is 32.2. The molecular formula is C6H16O4S. The van der Waals surface area contributed by atoms with E-state index in [0.29, 0.717) is 17.3 Å². The largest absolute Gasteiger partial charge is 0.870 e. The Hall–Kier alpha value is 0.190. The van der Waals surface area contributed by atoms with E-state index >= 15 is 0 Å². The molecule has 5 heteroatoms. The molecular weight excluding hydrogens is 168 g/mol. The van der Waals surface area contributed by atoms with Crippen LogP contribution >= 0.6 is 0 Å². The Morgan fingerprint density at radius 2 is 1.00 bits per heavy atom. The molecule has 70 valence electrons. The molecule has 4 N–H and O–H groups in total. The molecule has 0 rings (SSSR count). The van der Waals surface area contributed by atoms with E-state index in [-0.39, 0.29) is 36.2 Å². The van der Waals surface area contributed by atoms with Crippen molar-refractivity contribution in [1.29, 1.82) is 0 Å². The van der Waals surface area contributed by atoms with Crippen molar-refractivity contribution in [3.8, 4) is 0 Å². The third-order valence-corrected chi connectivity index (χ3v) is 3.42. The van der Waals surface area contributed by atoms with Crippen LogP contribution in [0.4, 0.5) is 0 Å². The van der Waals surface area contributed by atoms with Gasteiger partial charge in [0.1, 0.15) is 17.3 Å². The molecule has 0 aromatic rings. The molecule has 0 aromatic heterocycles. The van der Waals surface area contributed by atoms with E-state index in [2.05, 4.69) is 0 Å². The molecule has 0 spiro atoms. The SMILES string of the molecule is OCC[S+](CCO)CCO.[OH-]. The minimum Gasteiger partial charge on any atom is -0.870 e. The van der Waals surface area contributed by atoms with Crippen molar-refractivity contribution < 1.29 is 20.8 Å². The Labute approximate surface area is 69.5 Å². The van der Waals surface area contributed by atoms with Crippen LogP contribution in [0.5, 0.6) is 0 Å². The molecule has 4 nitrogen and oxygen atoms in total. The van der Waals surface area contributed by atoms with Crippen LogP contribution in [0, 0.1) is 0 Å². The van der Waals surface area contributed by atoms with Crippen LogP contribution < -0.4 is 0 Å². The van der Waals surface area contributed by atoms with Crippen molar-refractivity contribution >= 4 is 10.9 Å². The predicted molar refractivity (Wildman–Crippen MR) is 45.2 cm³/mol. The van der Waals surface area contributed by atoms with Gasteiger partial charge in [0.05, 0.1) is 19.8 Å². The van der Waals surface area contributed by atoms with Gasteiger partial charge in [-0.15, -0.1) is 0 Å². The molecule has 0 radical (unpaired) electrons. The fraction of sp³-hybridized carbons (Fsp3) is 1.00. The maximum Gasteiger partial charge on any atom is 0.131 e. The first-order valence-electron chi connectivity index (χ1n) is 3.31. The van der Waals surface area contributed by atoms with E-state index < -0.39 is 0 Å². The lowest BCUT2D eigenvalue weighted by Crippen LogP contribution is -2.22. The Bertz CT molecular complexity index is 57.3. The minimum atomic E-state index is 0. The van der Waals surface area contributed by atoms with E-state index in [0.717, 1.165) is 0 Å². The second-order valence-corrected chi connectivity index (χ2v) is 4.35. The number of hydrogen-bond donors (Lipinski definition) is 3. The van der Waals surface area contributed by atoms with Crippen LogP contribution in [0.15, 0.2) is 0 Å². The maximum atomic E-state index is 8.53. The van der Waals surface area contributed by atoms with Gasteiger partial charge in [0.2, 0.25) is 0 Å². The molecule has 0 atom stereocenters. The number of aliphatic hydroxyl groups is 3. The zero-order chi connectivity index (χ0) is 7.82. The summed E-state index contributed by atoms with van der Waals surface area (Å²) in [7, 11) is 0.0255. The highest BCUT2D eigenvalue weighted by Gasteiger charge is 2.14. The summed E-state index contributed by atoms with van der Waals surface area (Å²) in [5.74, 6) is 2.13. The first kappa shape index (κ1) is 13.8. The summed E-state index contributed by atoms with van der Waals surface area (Å²) in [6.07, 6.45) is 0. The summed E-state index contributed by atoms with van der Waals surface area (Å²) in [6.45, 7) is 0.468. The maximum absolute atomic E-state index is 8.53. The lowest BCUT2D eigenvalue weighted by Gasteiger charge is -2.02. The normalized spacial score (nSPS) is 9.82. The molecule has 0 aliphatic rings.